The van der Waals surface area contributed by atoms with Crippen LogP contribution >= 0.6 is 0 Å². The van der Waals surface area contributed by atoms with Crippen LogP contribution in [0.2, 0.25) is 0 Å². The summed E-state index contributed by atoms with van der Waals surface area (Å²) in [5.74, 6) is 0.999. The molecule has 3 heteroatoms. The van der Waals surface area contributed by atoms with Gasteiger partial charge in [0.05, 0.1) is 6.67 Å². The zero-order valence-corrected chi connectivity index (χ0v) is 9.70. The summed E-state index contributed by atoms with van der Waals surface area (Å²) in [4.78, 5) is 6.44. The quantitative estimate of drug-likeness (QED) is 0.804. The molecule has 3 nitrogen and oxygen atoms in total. The first kappa shape index (κ1) is 11.6. The topological polar surface area (TPSA) is 28.2 Å². The molecule has 1 aromatic rings. The fourth-order valence-electron chi connectivity index (χ4n) is 1.30. The van der Waals surface area contributed by atoms with Gasteiger partial charge in [0.1, 0.15) is 5.82 Å². The van der Waals surface area contributed by atoms with Crippen molar-refractivity contribution in [2.75, 3.05) is 11.6 Å². The van der Waals surface area contributed by atoms with Gasteiger partial charge in [-0.25, -0.2) is 4.98 Å². The van der Waals surface area contributed by atoms with Crippen LogP contribution in [0.3, 0.4) is 0 Å². The zero-order valence-electron chi connectivity index (χ0n) is 9.70. The van der Waals surface area contributed by atoms with Crippen molar-refractivity contribution < 1.29 is 0 Å². The third-order valence-electron chi connectivity index (χ3n) is 2.15. The summed E-state index contributed by atoms with van der Waals surface area (Å²) in [5, 5.41) is 3.10. The number of nitrogens with one attached hydrogen (secondary N) is 1. The maximum Gasteiger partial charge on any atom is 0.133 e. The van der Waals surface area contributed by atoms with E-state index >= 15 is 0 Å². The van der Waals surface area contributed by atoms with Crippen LogP contribution in [0, 0.1) is 0 Å². The molecule has 0 fully saturated rings. The molecule has 0 radical (unpaired) electrons. The van der Waals surface area contributed by atoms with E-state index in [0.717, 1.165) is 18.9 Å². The van der Waals surface area contributed by atoms with E-state index in [1.165, 1.54) is 5.56 Å². The Balaban J connectivity index is 0.000000531. The molecule has 0 aromatic carbocycles. The number of aryl methyl sites for hydroxylation is 1. The van der Waals surface area contributed by atoms with Crippen molar-refractivity contribution in [2.45, 2.75) is 27.2 Å². The molecular weight excluding hydrogens is 186 g/mol. The molecule has 82 valence electrons. The highest BCUT2D eigenvalue weighted by Gasteiger charge is 2.06. The van der Waals surface area contributed by atoms with E-state index in [9.17, 15) is 0 Å². The Labute approximate surface area is 91.8 Å². The molecule has 0 atom stereocenters. The Bertz CT molecular complexity index is 303. The van der Waals surface area contributed by atoms with Gasteiger partial charge in [0.25, 0.3) is 0 Å². The minimum absolute atomic E-state index is 0.818. The SMILES string of the molecule is CC.CCc1ccc(N2C=CNC2)nc1. The lowest BCUT2D eigenvalue weighted by atomic mass is 10.2. The lowest BCUT2D eigenvalue weighted by molar-refractivity contribution is 0.885. The highest BCUT2D eigenvalue weighted by atomic mass is 15.3. The number of hydrogen-bond acceptors (Lipinski definition) is 3. The molecule has 1 N–H and O–H groups in total. The monoisotopic (exact) mass is 205 g/mol. The summed E-state index contributed by atoms with van der Waals surface area (Å²) in [5.41, 5.74) is 1.28. The predicted molar refractivity (Wildman–Crippen MR) is 64.6 cm³/mol. The zero-order chi connectivity index (χ0) is 11.1. The Morgan fingerprint density at radius 1 is 1.40 bits per heavy atom. The van der Waals surface area contributed by atoms with Crippen molar-refractivity contribution in [3.63, 3.8) is 0 Å². The second kappa shape index (κ2) is 6.06. The van der Waals surface area contributed by atoms with E-state index in [0.29, 0.717) is 0 Å². The van der Waals surface area contributed by atoms with E-state index in [1.807, 2.05) is 32.4 Å². The van der Waals surface area contributed by atoms with Crippen molar-refractivity contribution in [3.05, 3.63) is 36.3 Å². The van der Waals surface area contributed by atoms with Gasteiger partial charge >= 0.3 is 0 Å². The van der Waals surface area contributed by atoms with Crippen LogP contribution in [0.15, 0.2) is 30.7 Å². The number of nitrogens with zero attached hydrogens (tertiary/aromatic N) is 2. The molecule has 0 saturated heterocycles. The van der Waals surface area contributed by atoms with Gasteiger partial charge in [-0.05, 0) is 18.1 Å². The molecule has 1 aliphatic heterocycles. The summed E-state index contributed by atoms with van der Waals surface area (Å²) in [6.45, 7) is 6.95. The van der Waals surface area contributed by atoms with Gasteiger partial charge in [-0.1, -0.05) is 26.8 Å². The van der Waals surface area contributed by atoms with Gasteiger partial charge in [-0.3, -0.25) is 0 Å². The van der Waals surface area contributed by atoms with Crippen LogP contribution in [-0.4, -0.2) is 11.7 Å². The van der Waals surface area contributed by atoms with Gasteiger partial charge in [0.2, 0.25) is 0 Å². The second-order valence-electron chi connectivity index (χ2n) is 3.03. The Kier molecular flexibility index (Phi) is 4.68. The largest absolute Gasteiger partial charge is 0.372 e. The molecule has 1 aliphatic rings. The molecule has 2 heterocycles. The number of pyridine rings is 1. The number of anilines is 1. The van der Waals surface area contributed by atoms with E-state index in [2.05, 4.69) is 34.3 Å². The molecule has 0 saturated carbocycles. The van der Waals surface area contributed by atoms with Gasteiger partial charge < -0.3 is 10.2 Å². The van der Waals surface area contributed by atoms with Crippen molar-refractivity contribution >= 4 is 5.82 Å². The van der Waals surface area contributed by atoms with Gasteiger partial charge in [0.15, 0.2) is 0 Å². The molecule has 0 amide bonds. The summed E-state index contributed by atoms with van der Waals surface area (Å²) in [6, 6.07) is 4.17. The third kappa shape index (κ3) is 2.98. The van der Waals surface area contributed by atoms with Crippen molar-refractivity contribution in [1.29, 1.82) is 0 Å². The van der Waals surface area contributed by atoms with Crippen LogP contribution in [-0.2, 0) is 6.42 Å². The summed E-state index contributed by atoms with van der Waals surface area (Å²) in [7, 11) is 0. The average Bonchev–Trinajstić information content (AvgIpc) is 2.85. The molecule has 0 spiro atoms. The average molecular weight is 205 g/mol. The maximum atomic E-state index is 4.37. The molecular formula is C12H19N3. The number of hydrogen-bond donors (Lipinski definition) is 1. The van der Waals surface area contributed by atoms with Crippen molar-refractivity contribution in [2.24, 2.45) is 0 Å². The Hall–Kier alpha value is -1.51. The van der Waals surface area contributed by atoms with Gasteiger partial charge in [-0.15, -0.1) is 0 Å². The normalized spacial score (nSPS) is 13.1. The molecule has 0 aliphatic carbocycles. The van der Waals surface area contributed by atoms with Crippen LogP contribution < -0.4 is 10.2 Å². The minimum Gasteiger partial charge on any atom is -0.372 e. The molecule has 1 aromatic heterocycles. The summed E-state index contributed by atoms with van der Waals surface area (Å²) in [6.07, 6.45) is 6.90. The molecule has 0 unspecified atom stereocenters. The maximum absolute atomic E-state index is 4.37. The molecule has 2 rings (SSSR count). The highest BCUT2D eigenvalue weighted by Crippen LogP contribution is 2.12. The Morgan fingerprint density at radius 2 is 2.20 bits per heavy atom. The van der Waals surface area contributed by atoms with E-state index in [-0.39, 0.29) is 0 Å². The molecule has 15 heavy (non-hydrogen) atoms. The fourth-order valence-corrected chi connectivity index (χ4v) is 1.30. The smallest absolute Gasteiger partial charge is 0.133 e. The van der Waals surface area contributed by atoms with Crippen LogP contribution in [0.1, 0.15) is 26.3 Å². The third-order valence-corrected chi connectivity index (χ3v) is 2.15. The standard InChI is InChI=1S/C10H13N3.C2H6/c1-2-9-3-4-10(12-7-9)13-6-5-11-8-13;1-2/h3-7,11H,2,8H2,1H3;1-2H3. The predicted octanol–water partition coefficient (Wildman–Crippen LogP) is 2.51. The van der Waals surface area contributed by atoms with Gasteiger partial charge in [-0.2, -0.15) is 0 Å². The first-order valence-corrected chi connectivity index (χ1v) is 5.52. The van der Waals surface area contributed by atoms with E-state index < -0.39 is 0 Å². The number of aromatic nitrogens is 1. The second-order valence-corrected chi connectivity index (χ2v) is 3.03. The van der Waals surface area contributed by atoms with Crippen molar-refractivity contribution in [3.8, 4) is 0 Å². The minimum atomic E-state index is 0.818. The lowest BCUT2D eigenvalue weighted by Gasteiger charge is -2.13. The van der Waals surface area contributed by atoms with Crippen molar-refractivity contribution in [1.82, 2.24) is 10.3 Å². The highest BCUT2D eigenvalue weighted by molar-refractivity contribution is 5.43. The fraction of sp³-hybridized carbons (Fsp3) is 0.417. The van der Waals surface area contributed by atoms with Gasteiger partial charge in [0, 0.05) is 18.6 Å². The lowest BCUT2D eigenvalue weighted by Crippen LogP contribution is -2.20. The van der Waals surface area contributed by atoms with Crippen LogP contribution in [0.4, 0.5) is 5.82 Å². The Morgan fingerprint density at radius 3 is 2.67 bits per heavy atom. The molecule has 0 bridgehead atoms. The summed E-state index contributed by atoms with van der Waals surface area (Å²) >= 11 is 0. The van der Waals surface area contributed by atoms with E-state index in [4.69, 9.17) is 0 Å². The van der Waals surface area contributed by atoms with Crippen LogP contribution in [0.5, 0.6) is 0 Å². The first-order valence-electron chi connectivity index (χ1n) is 5.52. The number of rotatable bonds is 2. The summed E-state index contributed by atoms with van der Waals surface area (Å²) < 4.78 is 0. The van der Waals surface area contributed by atoms with E-state index in [1.54, 1.807) is 0 Å². The van der Waals surface area contributed by atoms with Crippen LogP contribution in [0.25, 0.3) is 0 Å². The first-order chi connectivity index (χ1) is 7.40.